The molecule has 2 aromatic carbocycles. The van der Waals surface area contributed by atoms with Crippen molar-refractivity contribution in [3.63, 3.8) is 0 Å². The zero-order chi connectivity index (χ0) is 23.5. The van der Waals surface area contributed by atoms with Crippen LogP contribution in [0.5, 0.6) is 0 Å². The van der Waals surface area contributed by atoms with Crippen molar-refractivity contribution in [3.8, 4) is 0 Å². The molecule has 3 aromatic rings. The van der Waals surface area contributed by atoms with Gasteiger partial charge in [-0.1, -0.05) is 18.5 Å². The number of sulfone groups is 2. The smallest absolute Gasteiger partial charge is 0.182 e. The van der Waals surface area contributed by atoms with Crippen LogP contribution >= 0.6 is 11.6 Å². The largest absolute Gasteiger partial charge is 0.340 e. The van der Waals surface area contributed by atoms with Gasteiger partial charge >= 0.3 is 0 Å². The van der Waals surface area contributed by atoms with Crippen LogP contribution in [-0.4, -0.2) is 37.8 Å². The highest BCUT2D eigenvalue weighted by Crippen LogP contribution is 2.31. The molecule has 3 rings (SSSR count). The molecule has 0 radical (unpaired) electrons. The van der Waals surface area contributed by atoms with Gasteiger partial charge in [0.2, 0.25) is 0 Å². The minimum atomic E-state index is -3.69. The molecule has 0 amide bonds. The van der Waals surface area contributed by atoms with Crippen molar-refractivity contribution in [2.24, 2.45) is 0 Å². The average Bonchev–Trinajstić information content (AvgIpc) is 2.75. The van der Waals surface area contributed by atoms with E-state index in [1.807, 2.05) is 0 Å². The van der Waals surface area contributed by atoms with Crippen molar-refractivity contribution in [1.82, 2.24) is 9.97 Å². The van der Waals surface area contributed by atoms with E-state index in [4.69, 9.17) is 11.6 Å². The van der Waals surface area contributed by atoms with Crippen LogP contribution in [0.3, 0.4) is 0 Å². The molecule has 0 spiro atoms. The zero-order valence-electron chi connectivity index (χ0n) is 17.7. The Morgan fingerprint density at radius 3 is 2.12 bits per heavy atom. The molecule has 0 saturated heterocycles. The van der Waals surface area contributed by atoms with Gasteiger partial charge in [0.05, 0.1) is 26.5 Å². The Balaban J connectivity index is 2.01. The van der Waals surface area contributed by atoms with E-state index in [-0.39, 0.29) is 21.2 Å². The third-order valence-corrected chi connectivity index (χ3v) is 8.86. The highest BCUT2D eigenvalue weighted by atomic mass is 35.5. The number of halogens is 1. The molecular weight excluding hydrogens is 472 g/mol. The molecule has 0 aliphatic carbocycles. The van der Waals surface area contributed by atoms with Gasteiger partial charge < -0.3 is 10.6 Å². The van der Waals surface area contributed by atoms with Gasteiger partial charge in [0.1, 0.15) is 18.0 Å². The molecule has 11 heteroatoms. The molecule has 1 aromatic heterocycles. The minimum Gasteiger partial charge on any atom is -0.340 e. The van der Waals surface area contributed by atoms with Crippen molar-refractivity contribution in [2.75, 3.05) is 16.4 Å². The second-order valence-corrected chi connectivity index (χ2v) is 12.4. The summed E-state index contributed by atoms with van der Waals surface area (Å²) in [7, 11) is -7.23. The van der Waals surface area contributed by atoms with Crippen molar-refractivity contribution in [2.45, 2.75) is 35.8 Å². The Morgan fingerprint density at radius 2 is 1.53 bits per heavy atom. The topological polar surface area (TPSA) is 118 Å². The summed E-state index contributed by atoms with van der Waals surface area (Å²) in [6.07, 6.45) is 1.31. The monoisotopic (exact) mass is 494 g/mol. The summed E-state index contributed by atoms with van der Waals surface area (Å²) >= 11 is 5.90. The van der Waals surface area contributed by atoms with E-state index in [2.05, 4.69) is 20.6 Å². The van der Waals surface area contributed by atoms with Crippen LogP contribution in [0.2, 0.25) is 5.02 Å². The van der Waals surface area contributed by atoms with Crippen LogP contribution in [0, 0.1) is 0 Å². The van der Waals surface area contributed by atoms with Gasteiger partial charge in [0, 0.05) is 16.8 Å². The maximum Gasteiger partial charge on any atom is 0.182 e. The van der Waals surface area contributed by atoms with Crippen molar-refractivity contribution < 1.29 is 16.8 Å². The van der Waals surface area contributed by atoms with Crippen LogP contribution < -0.4 is 10.6 Å². The van der Waals surface area contributed by atoms with Crippen LogP contribution in [0.4, 0.5) is 23.0 Å². The minimum absolute atomic E-state index is 0.00613. The van der Waals surface area contributed by atoms with E-state index in [1.165, 1.54) is 31.5 Å². The third-order valence-electron chi connectivity index (χ3n) is 4.66. The molecule has 8 nitrogen and oxygen atoms in total. The van der Waals surface area contributed by atoms with Crippen molar-refractivity contribution in [1.29, 1.82) is 0 Å². The molecule has 170 valence electrons. The number of aromatic nitrogens is 2. The standard InChI is InChI=1S/C21H23ClN4O4S2/c1-4-31(27,28)17-9-10-19(32(29,30)14(2)3)18(11-17)26-21-12-20(23-13-24-21)25-16-7-5-15(22)6-8-16/h5-14H,4H2,1-3H3,(H2,23,24,25,26). The summed E-state index contributed by atoms with van der Waals surface area (Å²) in [6.45, 7) is 4.66. The predicted octanol–water partition coefficient (Wildman–Crippen LogP) is 4.59. The van der Waals surface area contributed by atoms with Crippen LogP contribution in [0.25, 0.3) is 0 Å². The van der Waals surface area contributed by atoms with Gasteiger partial charge in [-0.15, -0.1) is 0 Å². The second kappa shape index (κ2) is 9.43. The zero-order valence-corrected chi connectivity index (χ0v) is 20.1. The molecule has 0 saturated carbocycles. The lowest BCUT2D eigenvalue weighted by molar-refractivity contribution is 0.586. The Morgan fingerprint density at radius 1 is 0.906 bits per heavy atom. The van der Waals surface area contributed by atoms with Gasteiger partial charge in [0.25, 0.3) is 0 Å². The van der Waals surface area contributed by atoms with Crippen LogP contribution in [0.15, 0.2) is 64.6 Å². The van der Waals surface area contributed by atoms with E-state index < -0.39 is 24.9 Å². The van der Waals surface area contributed by atoms with Crippen molar-refractivity contribution >= 4 is 54.3 Å². The van der Waals surface area contributed by atoms with E-state index >= 15 is 0 Å². The number of hydrogen-bond acceptors (Lipinski definition) is 8. The van der Waals surface area contributed by atoms with Crippen LogP contribution in [0.1, 0.15) is 20.8 Å². The summed E-state index contributed by atoms with van der Waals surface area (Å²) < 4.78 is 50.4. The molecule has 32 heavy (non-hydrogen) atoms. The van der Waals surface area contributed by atoms with Crippen LogP contribution in [-0.2, 0) is 19.7 Å². The van der Waals surface area contributed by atoms with Gasteiger partial charge in [-0.25, -0.2) is 26.8 Å². The first kappa shape index (κ1) is 24.0. The Labute approximate surface area is 192 Å². The first-order valence-electron chi connectivity index (χ1n) is 9.75. The maximum atomic E-state index is 12.9. The fourth-order valence-corrected chi connectivity index (χ4v) is 5.00. The third kappa shape index (κ3) is 5.37. The fourth-order valence-electron chi connectivity index (χ4n) is 2.78. The van der Waals surface area contributed by atoms with E-state index in [0.717, 1.165) is 5.69 Å². The summed E-state index contributed by atoms with van der Waals surface area (Å²) in [5, 5.41) is 5.96. The molecule has 0 aliphatic heterocycles. The summed E-state index contributed by atoms with van der Waals surface area (Å²) in [5.74, 6) is 0.643. The lowest BCUT2D eigenvalue weighted by atomic mass is 10.3. The van der Waals surface area contributed by atoms with Gasteiger partial charge in [-0.2, -0.15) is 0 Å². The number of benzene rings is 2. The highest BCUT2D eigenvalue weighted by Gasteiger charge is 2.25. The quantitative estimate of drug-likeness (QED) is 0.466. The van der Waals surface area contributed by atoms with Gasteiger partial charge in [0.15, 0.2) is 19.7 Å². The summed E-state index contributed by atoms with van der Waals surface area (Å²) in [6, 6.07) is 12.6. The lowest BCUT2D eigenvalue weighted by Crippen LogP contribution is -2.16. The average molecular weight is 495 g/mol. The second-order valence-electron chi connectivity index (χ2n) is 7.20. The molecular formula is C21H23ClN4O4S2. The Hall–Kier alpha value is -2.69. The molecule has 2 N–H and O–H groups in total. The Kier molecular flexibility index (Phi) is 7.06. The maximum absolute atomic E-state index is 12.9. The molecule has 0 bridgehead atoms. The molecule has 0 fully saturated rings. The van der Waals surface area contributed by atoms with E-state index in [9.17, 15) is 16.8 Å². The number of hydrogen-bond donors (Lipinski definition) is 2. The van der Waals surface area contributed by atoms with E-state index in [0.29, 0.717) is 16.7 Å². The van der Waals surface area contributed by atoms with Gasteiger partial charge in [-0.3, -0.25) is 0 Å². The molecule has 1 heterocycles. The SMILES string of the molecule is CCS(=O)(=O)c1ccc(S(=O)(=O)C(C)C)c(Nc2cc(Nc3ccc(Cl)cc3)ncn2)c1. The lowest BCUT2D eigenvalue weighted by Gasteiger charge is -2.16. The molecule has 0 unspecified atom stereocenters. The summed E-state index contributed by atoms with van der Waals surface area (Å²) in [4.78, 5) is 8.32. The normalized spacial score (nSPS) is 12.0. The fraction of sp³-hybridized carbons (Fsp3) is 0.238. The van der Waals surface area contributed by atoms with Crippen molar-refractivity contribution in [3.05, 3.63) is 59.9 Å². The summed E-state index contributed by atoms with van der Waals surface area (Å²) in [5.41, 5.74) is 0.877. The first-order valence-corrected chi connectivity index (χ1v) is 13.3. The first-order chi connectivity index (χ1) is 15.0. The predicted molar refractivity (Wildman–Crippen MR) is 127 cm³/mol. The Bertz CT molecular complexity index is 1330. The van der Waals surface area contributed by atoms with E-state index in [1.54, 1.807) is 44.2 Å². The number of anilines is 4. The highest BCUT2D eigenvalue weighted by molar-refractivity contribution is 7.92. The number of nitrogens with one attached hydrogen (secondary N) is 2. The van der Waals surface area contributed by atoms with Gasteiger partial charge in [-0.05, 0) is 56.3 Å². The number of nitrogens with zero attached hydrogens (tertiary/aromatic N) is 2. The molecule has 0 atom stereocenters. The molecule has 0 aliphatic rings. The number of rotatable bonds is 8.